The van der Waals surface area contributed by atoms with E-state index in [1.165, 1.54) is 23.5 Å². The van der Waals surface area contributed by atoms with Gasteiger partial charge in [0.1, 0.15) is 5.82 Å². The molecule has 0 aliphatic rings. The third-order valence-corrected chi connectivity index (χ3v) is 5.13. The Kier molecular flexibility index (Phi) is 5.92. The van der Waals surface area contributed by atoms with E-state index in [4.69, 9.17) is 5.73 Å². The van der Waals surface area contributed by atoms with E-state index in [-0.39, 0.29) is 17.4 Å². The molecule has 30 heavy (non-hydrogen) atoms. The van der Waals surface area contributed by atoms with Crippen molar-refractivity contribution < 1.29 is 4.39 Å². The minimum Gasteiger partial charge on any atom is -0.354 e. The Morgan fingerprint density at radius 3 is 2.60 bits per heavy atom. The number of nitrogens with zero attached hydrogens (tertiary/aromatic N) is 3. The Labute approximate surface area is 175 Å². The first-order valence-corrected chi connectivity index (χ1v) is 10.2. The average molecular weight is 422 g/mol. The van der Waals surface area contributed by atoms with Crippen LogP contribution in [0, 0.1) is 5.82 Å². The van der Waals surface area contributed by atoms with Crippen molar-refractivity contribution in [3.05, 3.63) is 81.5 Å². The molecule has 4 N–H and O–H groups in total. The molecule has 0 aliphatic heterocycles. The summed E-state index contributed by atoms with van der Waals surface area (Å²) in [6.45, 7) is 0.409. The average Bonchev–Trinajstić information content (AvgIpc) is 3.26. The van der Waals surface area contributed by atoms with Crippen LogP contribution in [-0.4, -0.2) is 32.5 Å². The lowest BCUT2D eigenvalue weighted by Gasteiger charge is -2.14. The number of benzene rings is 1. The summed E-state index contributed by atoms with van der Waals surface area (Å²) in [6.07, 6.45) is 3.87. The summed E-state index contributed by atoms with van der Waals surface area (Å²) in [7, 11) is 0. The molecule has 0 fully saturated rings. The zero-order chi connectivity index (χ0) is 20.9. The normalized spacial score (nSPS) is 11.9. The Morgan fingerprint density at radius 1 is 1.13 bits per heavy atom. The molecule has 9 heteroatoms. The number of halogens is 1. The van der Waals surface area contributed by atoms with Crippen molar-refractivity contribution in [3.8, 4) is 22.4 Å². The Hall–Kier alpha value is -3.43. The van der Waals surface area contributed by atoms with Gasteiger partial charge in [-0.05, 0) is 29.8 Å². The monoisotopic (exact) mass is 422 g/mol. The molecule has 0 saturated heterocycles. The molecule has 152 valence electrons. The van der Waals surface area contributed by atoms with Gasteiger partial charge in [0, 0.05) is 42.3 Å². The zero-order valence-corrected chi connectivity index (χ0v) is 16.7. The molecular weight excluding hydrogens is 403 g/mol. The molecule has 4 aromatic rings. The second-order valence-corrected chi connectivity index (χ2v) is 7.42. The third kappa shape index (κ3) is 4.58. The topological polar surface area (TPSA) is 110 Å². The number of nitrogens with one attached hydrogen (secondary N) is 2. The van der Waals surface area contributed by atoms with E-state index in [9.17, 15) is 9.18 Å². The van der Waals surface area contributed by atoms with Crippen LogP contribution in [0.15, 0.2) is 64.5 Å². The van der Waals surface area contributed by atoms with E-state index in [1.54, 1.807) is 42.2 Å². The van der Waals surface area contributed by atoms with Crippen LogP contribution in [0.5, 0.6) is 0 Å². The number of hydrogen-bond acceptors (Lipinski definition) is 7. The quantitative estimate of drug-likeness (QED) is 0.422. The number of nitrogens with two attached hydrogens (primary N) is 1. The Bertz CT molecular complexity index is 1160. The standard InChI is InChI=1S/C21H19FN6OS/c22-15-3-1-13(2-4-15)18-19(14-5-7-24-8-6-14)27-21(28-20(18)29)25-10-16(23)9-17-11-30-12-26-17/h1-8,11-12,16H,9-10,23H2,(H2,25,27,28,29). The second-order valence-electron chi connectivity index (χ2n) is 6.71. The van der Waals surface area contributed by atoms with Crippen molar-refractivity contribution in [3.63, 3.8) is 0 Å². The predicted molar refractivity (Wildman–Crippen MR) is 116 cm³/mol. The van der Waals surface area contributed by atoms with Crippen LogP contribution >= 0.6 is 11.3 Å². The highest BCUT2D eigenvalue weighted by atomic mass is 32.1. The van der Waals surface area contributed by atoms with Crippen molar-refractivity contribution >= 4 is 17.3 Å². The van der Waals surface area contributed by atoms with Gasteiger partial charge in [-0.25, -0.2) is 14.4 Å². The molecule has 0 aliphatic carbocycles. The number of anilines is 1. The van der Waals surface area contributed by atoms with Crippen molar-refractivity contribution in [2.75, 3.05) is 11.9 Å². The molecule has 0 radical (unpaired) electrons. The number of rotatable bonds is 7. The van der Waals surface area contributed by atoms with Crippen LogP contribution in [0.25, 0.3) is 22.4 Å². The van der Waals surface area contributed by atoms with Gasteiger partial charge in [0.25, 0.3) is 5.56 Å². The predicted octanol–water partition coefficient (Wildman–Crippen LogP) is 3.08. The van der Waals surface area contributed by atoms with Crippen molar-refractivity contribution in [2.45, 2.75) is 12.5 Å². The maximum Gasteiger partial charge on any atom is 0.260 e. The molecule has 3 heterocycles. The smallest absolute Gasteiger partial charge is 0.260 e. The first-order chi connectivity index (χ1) is 14.6. The highest BCUT2D eigenvalue weighted by Gasteiger charge is 2.16. The fraction of sp³-hybridized carbons (Fsp3) is 0.143. The number of thiazole rings is 1. The number of aromatic nitrogens is 4. The molecule has 1 aromatic carbocycles. The van der Waals surface area contributed by atoms with E-state index in [2.05, 4.69) is 25.3 Å². The van der Waals surface area contributed by atoms with Crippen LogP contribution in [0.3, 0.4) is 0 Å². The first-order valence-electron chi connectivity index (χ1n) is 9.27. The van der Waals surface area contributed by atoms with Gasteiger partial charge >= 0.3 is 0 Å². The highest BCUT2D eigenvalue weighted by molar-refractivity contribution is 7.07. The van der Waals surface area contributed by atoms with E-state index < -0.39 is 0 Å². The van der Waals surface area contributed by atoms with Gasteiger partial charge in [0.15, 0.2) is 0 Å². The van der Waals surface area contributed by atoms with Crippen molar-refractivity contribution in [1.29, 1.82) is 0 Å². The van der Waals surface area contributed by atoms with Gasteiger partial charge in [0.05, 0.1) is 22.5 Å². The van der Waals surface area contributed by atoms with Crippen LogP contribution in [-0.2, 0) is 6.42 Å². The van der Waals surface area contributed by atoms with Gasteiger partial charge in [0.2, 0.25) is 5.95 Å². The Balaban J connectivity index is 1.65. The summed E-state index contributed by atoms with van der Waals surface area (Å²) in [6, 6.07) is 9.09. The largest absolute Gasteiger partial charge is 0.354 e. The fourth-order valence-corrected chi connectivity index (χ4v) is 3.64. The van der Waals surface area contributed by atoms with Gasteiger partial charge < -0.3 is 11.1 Å². The molecule has 0 spiro atoms. The maximum absolute atomic E-state index is 13.4. The first kappa shape index (κ1) is 19.9. The minimum absolute atomic E-state index is 0.196. The lowest BCUT2D eigenvalue weighted by Crippen LogP contribution is -2.32. The van der Waals surface area contributed by atoms with Gasteiger partial charge in [-0.15, -0.1) is 11.3 Å². The maximum atomic E-state index is 13.4. The summed E-state index contributed by atoms with van der Waals surface area (Å²) in [4.78, 5) is 28.6. The molecule has 0 amide bonds. The summed E-state index contributed by atoms with van der Waals surface area (Å²) in [5, 5.41) is 5.06. The third-order valence-electron chi connectivity index (χ3n) is 4.49. The number of pyridine rings is 1. The van der Waals surface area contributed by atoms with Crippen molar-refractivity contribution in [2.24, 2.45) is 5.73 Å². The molecular formula is C21H19FN6OS. The van der Waals surface area contributed by atoms with Gasteiger partial charge in [-0.2, -0.15) is 0 Å². The molecule has 0 saturated carbocycles. The van der Waals surface area contributed by atoms with E-state index >= 15 is 0 Å². The molecule has 1 atom stereocenters. The van der Waals surface area contributed by atoms with Crippen molar-refractivity contribution in [1.82, 2.24) is 19.9 Å². The van der Waals surface area contributed by atoms with Crippen LogP contribution in [0.1, 0.15) is 5.69 Å². The molecule has 7 nitrogen and oxygen atoms in total. The van der Waals surface area contributed by atoms with Crippen LogP contribution in [0.2, 0.25) is 0 Å². The van der Waals surface area contributed by atoms with E-state index in [0.29, 0.717) is 35.7 Å². The highest BCUT2D eigenvalue weighted by Crippen LogP contribution is 2.28. The summed E-state index contributed by atoms with van der Waals surface area (Å²) < 4.78 is 13.4. The minimum atomic E-state index is -0.374. The number of H-pyrrole nitrogens is 1. The van der Waals surface area contributed by atoms with Gasteiger partial charge in [-0.1, -0.05) is 12.1 Å². The fourth-order valence-electron chi connectivity index (χ4n) is 3.07. The molecule has 1 unspecified atom stereocenters. The number of hydrogen-bond donors (Lipinski definition) is 3. The molecule has 0 bridgehead atoms. The lowest BCUT2D eigenvalue weighted by atomic mass is 10.0. The summed E-state index contributed by atoms with van der Waals surface area (Å²) in [5.74, 6) is -0.0626. The number of aromatic amines is 1. The van der Waals surface area contributed by atoms with E-state index in [0.717, 1.165) is 11.3 Å². The zero-order valence-electron chi connectivity index (χ0n) is 15.9. The SMILES string of the molecule is NC(CNc1nc(-c2ccncc2)c(-c2ccc(F)cc2)c(=O)[nH]1)Cc1cscn1. The molecule has 3 aromatic heterocycles. The summed E-state index contributed by atoms with van der Waals surface area (Å²) in [5.41, 5.74) is 10.7. The van der Waals surface area contributed by atoms with Gasteiger partial charge in [-0.3, -0.25) is 14.8 Å². The molecule has 4 rings (SSSR count). The second kappa shape index (κ2) is 8.93. The summed E-state index contributed by atoms with van der Waals surface area (Å²) >= 11 is 1.52. The lowest BCUT2D eigenvalue weighted by molar-refractivity contribution is 0.628. The van der Waals surface area contributed by atoms with E-state index in [1.807, 2.05) is 5.38 Å². The van der Waals surface area contributed by atoms with Crippen LogP contribution in [0.4, 0.5) is 10.3 Å². The van der Waals surface area contributed by atoms with Crippen LogP contribution < -0.4 is 16.6 Å². The Morgan fingerprint density at radius 2 is 1.90 bits per heavy atom.